The van der Waals surface area contributed by atoms with Gasteiger partial charge in [0.2, 0.25) is 0 Å². The molecule has 1 heterocycles. The van der Waals surface area contributed by atoms with Gasteiger partial charge in [0.15, 0.2) is 0 Å². The van der Waals surface area contributed by atoms with Gasteiger partial charge in [-0.15, -0.1) is 0 Å². The Morgan fingerprint density at radius 2 is 2.06 bits per heavy atom. The molecule has 0 radical (unpaired) electrons. The normalized spacial score (nSPS) is 25.7. The first-order chi connectivity index (χ1) is 8.40. The molecule has 1 aliphatic heterocycles. The molecule has 0 aromatic heterocycles. The molecule has 0 spiro atoms. The molecule has 1 N–H and O–H groups in total. The van der Waals surface area contributed by atoms with Gasteiger partial charge in [-0.1, -0.05) is 6.42 Å². The minimum atomic E-state index is 0.721. The number of nitriles is 1. The maximum Gasteiger partial charge on any atom is 0.0621 e. The highest BCUT2D eigenvalue weighted by atomic mass is 15.2. The molecule has 0 amide bonds. The van der Waals surface area contributed by atoms with Crippen molar-refractivity contribution < 1.29 is 0 Å². The summed E-state index contributed by atoms with van der Waals surface area (Å²) in [6.45, 7) is 3.64. The zero-order valence-corrected chi connectivity index (χ0v) is 10.8. The lowest BCUT2D eigenvalue weighted by molar-refractivity contribution is 0.143. The van der Waals surface area contributed by atoms with Crippen molar-refractivity contribution in [2.45, 2.75) is 63.5 Å². The third kappa shape index (κ3) is 4.65. The Bertz CT molecular complexity index is 255. The van der Waals surface area contributed by atoms with Gasteiger partial charge in [-0.2, -0.15) is 5.26 Å². The molecule has 0 bridgehead atoms. The molecular formula is C14H25N3. The van der Waals surface area contributed by atoms with Crippen molar-refractivity contribution in [3.8, 4) is 6.07 Å². The van der Waals surface area contributed by atoms with Crippen LogP contribution in [0.2, 0.25) is 0 Å². The third-order valence-electron chi connectivity index (χ3n) is 3.95. The minimum Gasteiger partial charge on any atom is -0.312 e. The van der Waals surface area contributed by atoms with Gasteiger partial charge >= 0.3 is 0 Å². The van der Waals surface area contributed by atoms with Crippen LogP contribution in [0, 0.1) is 11.3 Å². The van der Waals surface area contributed by atoms with Crippen LogP contribution in [0.5, 0.6) is 0 Å². The average Bonchev–Trinajstić information content (AvgIpc) is 3.17. The Morgan fingerprint density at radius 3 is 2.82 bits per heavy atom. The van der Waals surface area contributed by atoms with Gasteiger partial charge in [0.1, 0.15) is 0 Å². The first-order valence-electron chi connectivity index (χ1n) is 7.24. The first kappa shape index (κ1) is 12.9. The molecule has 3 nitrogen and oxygen atoms in total. The topological polar surface area (TPSA) is 39.1 Å². The van der Waals surface area contributed by atoms with Crippen molar-refractivity contribution >= 4 is 0 Å². The standard InChI is InChI=1S/C14H25N3/c15-9-3-1-4-10-17-11-5-2-6-14(17)12-16-13-7-8-13/h13-14,16H,1-8,10-12H2. The van der Waals surface area contributed by atoms with Gasteiger partial charge < -0.3 is 5.32 Å². The van der Waals surface area contributed by atoms with Crippen LogP contribution >= 0.6 is 0 Å². The zero-order valence-electron chi connectivity index (χ0n) is 10.8. The molecule has 96 valence electrons. The molecule has 17 heavy (non-hydrogen) atoms. The van der Waals surface area contributed by atoms with Gasteiger partial charge in [0.05, 0.1) is 6.07 Å². The molecular weight excluding hydrogens is 210 g/mol. The number of piperidine rings is 1. The SMILES string of the molecule is N#CCCCCN1CCCCC1CNC1CC1. The summed E-state index contributed by atoms with van der Waals surface area (Å²) in [6.07, 6.45) is 9.85. The Kier molecular flexibility index (Phi) is 5.28. The molecule has 2 rings (SSSR count). The summed E-state index contributed by atoms with van der Waals surface area (Å²) in [5.74, 6) is 0. The zero-order chi connectivity index (χ0) is 11.9. The molecule has 1 saturated carbocycles. The Hall–Kier alpha value is -0.590. The van der Waals surface area contributed by atoms with Gasteiger partial charge in [0.25, 0.3) is 0 Å². The van der Waals surface area contributed by atoms with Crippen molar-refractivity contribution in [2.75, 3.05) is 19.6 Å². The number of nitrogens with zero attached hydrogens (tertiary/aromatic N) is 2. The van der Waals surface area contributed by atoms with E-state index in [1.54, 1.807) is 0 Å². The Labute approximate surface area is 105 Å². The van der Waals surface area contributed by atoms with E-state index < -0.39 is 0 Å². The summed E-state index contributed by atoms with van der Waals surface area (Å²) < 4.78 is 0. The van der Waals surface area contributed by atoms with E-state index in [0.29, 0.717) is 0 Å². The van der Waals surface area contributed by atoms with Crippen LogP contribution < -0.4 is 5.32 Å². The molecule has 1 unspecified atom stereocenters. The van der Waals surface area contributed by atoms with E-state index in [0.717, 1.165) is 24.9 Å². The summed E-state index contributed by atoms with van der Waals surface area (Å²) in [6, 6.07) is 3.82. The highest BCUT2D eigenvalue weighted by Gasteiger charge is 2.25. The van der Waals surface area contributed by atoms with E-state index in [-0.39, 0.29) is 0 Å². The third-order valence-corrected chi connectivity index (χ3v) is 3.95. The number of hydrogen-bond acceptors (Lipinski definition) is 3. The second kappa shape index (κ2) is 6.98. The quantitative estimate of drug-likeness (QED) is 0.688. The fourth-order valence-corrected chi connectivity index (χ4v) is 2.69. The molecule has 1 atom stereocenters. The van der Waals surface area contributed by atoms with E-state index in [9.17, 15) is 0 Å². The Morgan fingerprint density at radius 1 is 1.18 bits per heavy atom. The van der Waals surface area contributed by atoms with E-state index in [1.165, 1.54) is 58.2 Å². The lowest BCUT2D eigenvalue weighted by Gasteiger charge is -2.36. The van der Waals surface area contributed by atoms with Crippen molar-refractivity contribution in [3.05, 3.63) is 0 Å². The Balaban J connectivity index is 1.65. The van der Waals surface area contributed by atoms with Crippen molar-refractivity contribution in [1.82, 2.24) is 10.2 Å². The van der Waals surface area contributed by atoms with Crippen molar-refractivity contribution in [2.24, 2.45) is 0 Å². The minimum absolute atomic E-state index is 0.721. The van der Waals surface area contributed by atoms with Crippen LogP contribution in [0.25, 0.3) is 0 Å². The second-order valence-electron chi connectivity index (χ2n) is 5.48. The summed E-state index contributed by atoms with van der Waals surface area (Å²) in [5, 5.41) is 12.2. The highest BCUT2D eigenvalue weighted by molar-refractivity contribution is 4.85. The molecule has 2 fully saturated rings. The largest absolute Gasteiger partial charge is 0.312 e. The summed E-state index contributed by atoms with van der Waals surface area (Å²) in [5.41, 5.74) is 0. The highest BCUT2D eigenvalue weighted by Crippen LogP contribution is 2.21. The molecule has 1 aliphatic carbocycles. The lowest BCUT2D eigenvalue weighted by atomic mass is 10.0. The molecule has 0 aromatic carbocycles. The van der Waals surface area contributed by atoms with Crippen LogP contribution in [0.4, 0.5) is 0 Å². The fourth-order valence-electron chi connectivity index (χ4n) is 2.69. The van der Waals surface area contributed by atoms with Crippen LogP contribution in [0.1, 0.15) is 51.4 Å². The molecule has 3 heteroatoms. The summed E-state index contributed by atoms with van der Waals surface area (Å²) >= 11 is 0. The number of nitrogens with one attached hydrogen (secondary N) is 1. The maximum atomic E-state index is 8.53. The van der Waals surface area contributed by atoms with Crippen LogP contribution in [-0.4, -0.2) is 36.6 Å². The first-order valence-corrected chi connectivity index (χ1v) is 7.24. The van der Waals surface area contributed by atoms with Gasteiger partial charge in [-0.05, 0) is 51.6 Å². The number of hydrogen-bond donors (Lipinski definition) is 1. The van der Waals surface area contributed by atoms with Gasteiger partial charge in [-0.25, -0.2) is 0 Å². The lowest BCUT2D eigenvalue weighted by Crippen LogP contribution is -2.46. The number of likely N-dealkylation sites (tertiary alicyclic amines) is 1. The monoisotopic (exact) mass is 235 g/mol. The molecule has 0 aromatic rings. The predicted molar refractivity (Wildman–Crippen MR) is 69.7 cm³/mol. The van der Waals surface area contributed by atoms with Gasteiger partial charge in [-0.3, -0.25) is 4.90 Å². The van der Waals surface area contributed by atoms with Crippen LogP contribution in [-0.2, 0) is 0 Å². The maximum absolute atomic E-state index is 8.53. The van der Waals surface area contributed by atoms with E-state index in [2.05, 4.69) is 16.3 Å². The smallest absolute Gasteiger partial charge is 0.0621 e. The second-order valence-corrected chi connectivity index (χ2v) is 5.48. The number of unbranched alkanes of at least 4 members (excludes halogenated alkanes) is 2. The van der Waals surface area contributed by atoms with E-state index >= 15 is 0 Å². The van der Waals surface area contributed by atoms with E-state index in [1.807, 2.05) is 0 Å². The van der Waals surface area contributed by atoms with Gasteiger partial charge in [0, 0.05) is 25.0 Å². The van der Waals surface area contributed by atoms with Crippen molar-refractivity contribution in [1.29, 1.82) is 5.26 Å². The molecule has 2 aliphatic rings. The van der Waals surface area contributed by atoms with Crippen LogP contribution in [0.3, 0.4) is 0 Å². The van der Waals surface area contributed by atoms with Crippen molar-refractivity contribution in [3.63, 3.8) is 0 Å². The number of rotatable bonds is 7. The van der Waals surface area contributed by atoms with Crippen LogP contribution in [0.15, 0.2) is 0 Å². The fraction of sp³-hybridized carbons (Fsp3) is 0.929. The summed E-state index contributed by atoms with van der Waals surface area (Å²) in [4.78, 5) is 2.65. The molecule has 1 saturated heterocycles. The summed E-state index contributed by atoms with van der Waals surface area (Å²) in [7, 11) is 0. The average molecular weight is 235 g/mol. The predicted octanol–water partition coefficient (Wildman–Crippen LogP) is 2.29. The van der Waals surface area contributed by atoms with E-state index in [4.69, 9.17) is 5.26 Å².